The van der Waals surface area contributed by atoms with Gasteiger partial charge in [0.15, 0.2) is 0 Å². The van der Waals surface area contributed by atoms with E-state index in [0.717, 1.165) is 30.7 Å². The number of hydrogen-bond acceptors (Lipinski definition) is 3. The maximum Gasteiger partial charge on any atom is 0.309 e. The van der Waals surface area contributed by atoms with Crippen LogP contribution in [0.1, 0.15) is 28.9 Å². The van der Waals surface area contributed by atoms with Gasteiger partial charge in [-0.25, -0.2) is 0 Å². The molecule has 0 aromatic carbocycles. The summed E-state index contributed by atoms with van der Waals surface area (Å²) in [4.78, 5) is 16.0. The summed E-state index contributed by atoms with van der Waals surface area (Å²) in [5.41, 5.74) is 4.72. The zero-order valence-corrected chi connectivity index (χ0v) is 10.0. The van der Waals surface area contributed by atoms with Gasteiger partial charge in [-0.05, 0) is 50.3 Å². The van der Waals surface area contributed by atoms with Gasteiger partial charge in [0.2, 0.25) is 0 Å². The molecule has 0 bridgehead atoms. The number of rotatable bonds is 1. The molecule has 1 aromatic heterocycles. The minimum absolute atomic E-state index is 0.0145. The third kappa shape index (κ3) is 1.94. The first-order valence-corrected chi connectivity index (χ1v) is 5.65. The van der Waals surface area contributed by atoms with E-state index in [2.05, 4.69) is 11.1 Å². The van der Waals surface area contributed by atoms with Crippen LogP contribution in [0, 0.1) is 19.8 Å². The highest BCUT2D eigenvalue weighted by Gasteiger charge is 2.26. The molecule has 1 aromatic rings. The van der Waals surface area contributed by atoms with Crippen LogP contribution in [0.5, 0.6) is 0 Å². The minimum Gasteiger partial charge on any atom is -0.469 e. The lowest BCUT2D eigenvalue weighted by atomic mass is 9.83. The Morgan fingerprint density at radius 1 is 1.50 bits per heavy atom. The van der Waals surface area contributed by atoms with Crippen LogP contribution >= 0.6 is 0 Å². The summed E-state index contributed by atoms with van der Waals surface area (Å²) in [6.07, 6.45) is 2.63. The highest BCUT2D eigenvalue weighted by Crippen LogP contribution is 2.28. The molecular formula is C13H17NO2. The molecule has 1 heterocycles. The van der Waals surface area contributed by atoms with Crippen LogP contribution < -0.4 is 0 Å². The SMILES string of the molecule is COC(=O)[C@@H]1CCc2cc(C)nc(C)c2C1. The predicted molar refractivity (Wildman–Crippen MR) is 61.2 cm³/mol. The smallest absolute Gasteiger partial charge is 0.309 e. The standard InChI is InChI=1S/C13H17NO2/c1-8-6-10-4-5-11(13(15)16-3)7-12(10)9(2)14-8/h6,11H,4-5,7H2,1-3H3/t11-/m1/s1. The Hall–Kier alpha value is -1.38. The maximum absolute atomic E-state index is 11.5. The van der Waals surface area contributed by atoms with Gasteiger partial charge < -0.3 is 4.74 Å². The second-order valence-electron chi connectivity index (χ2n) is 4.45. The van der Waals surface area contributed by atoms with E-state index in [1.54, 1.807) is 0 Å². The summed E-state index contributed by atoms with van der Waals surface area (Å²) in [5, 5.41) is 0. The number of aryl methyl sites for hydroxylation is 3. The first kappa shape index (κ1) is 11.1. The van der Waals surface area contributed by atoms with Crippen LogP contribution in [-0.2, 0) is 22.4 Å². The quantitative estimate of drug-likeness (QED) is 0.678. The van der Waals surface area contributed by atoms with Crippen molar-refractivity contribution in [1.82, 2.24) is 4.98 Å². The van der Waals surface area contributed by atoms with E-state index >= 15 is 0 Å². The van der Waals surface area contributed by atoms with Crippen molar-refractivity contribution in [2.45, 2.75) is 33.1 Å². The molecule has 16 heavy (non-hydrogen) atoms. The average molecular weight is 219 g/mol. The Morgan fingerprint density at radius 2 is 2.25 bits per heavy atom. The Labute approximate surface area is 95.8 Å². The van der Waals surface area contributed by atoms with Gasteiger partial charge in [0.1, 0.15) is 0 Å². The van der Waals surface area contributed by atoms with Crippen molar-refractivity contribution in [1.29, 1.82) is 0 Å². The maximum atomic E-state index is 11.5. The Bertz CT molecular complexity index is 426. The molecule has 0 aliphatic heterocycles. The molecule has 86 valence electrons. The van der Waals surface area contributed by atoms with Gasteiger partial charge in [-0.2, -0.15) is 0 Å². The number of pyridine rings is 1. The van der Waals surface area contributed by atoms with Crippen LogP contribution in [0.15, 0.2) is 6.07 Å². The normalized spacial score (nSPS) is 19.1. The van der Waals surface area contributed by atoms with Crippen LogP contribution in [-0.4, -0.2) is 18.1 Å². The summed E-state index contributed by atoms with van der Waals surface area (Å²) in [6.45, 7) is 4.03. The zero-order chi connectivity index (χ0) is 11.7. The molecule has 0 fully saturated rings. The van der Waals surface area contributed by atoms with Crippen molar-refractivity contribution in [3.05, 3.63) is 28.6 Å². The zero-order valence-electron chi connectivity index (χ0n) is 10.0. The number of hydrogen-bond donors (Lipinski definition) is 0. The van der Waals surface area contributed by atoms with E-state index < -0.39 is 0 Å². The van der Waals surface area contributed by atoms with Gasteiger partial charge in [0.25, 0.3) is 0 Å². The van der Waals surface area contributed by atoms with E-state index in [1.807, 2.05) is 13.8 Å². The monoisotopic (exact) mass is 219 g/mol. The number of esters is 1. The van der Waals surface area contributed by atoms with Crippen LogP contribution in [0.4, 0.5) is 0 Å². The number of ether oxygens (including phenoxy) is 1. The van der Waals surface area contributed by atoms with Gasteiger partial charge in [-0.1, -0.05) is 0 Å². The number of carbonyl (C=O) groups excluding carboxylic acids is 1. The number of methoxy groups -OCH3 is 1. The summed E-state index contributed by atoms with van der Waals surface area (Å²) >= 11 is 0. The fraction of sp³-hybridized carbons (Fsp3) is 0.538. The molecule has 0 saturated carbocycles. The molecule has 3 heteroatoms. The second-order valence-corrected chi connectivity index (χ2v) is 4.45. The molecule has 1 atom stereocenters. The van der Waals surface area contributed by atoms with Crippen LogP contribution in [0.25, 0.3) is 0 Å². The number of fused-ring (bicyclic) bond motifs is 1. The van der Waals surface area contributed by atoms with E-state index in [0.29, 0.717) is 0 Å². The molecule has 1 aliphatic rings. The van der Waals surface area contributed by atoms with Gasteiger partial charge in [-0.3, -0.25) is 9.78 Å². The minimum atomic E-state index is -0.0920. The molecule has 0 unspecified atom stereocenters. The van der Waals surface area contributed by atoms with Crippen molar-refractivity contribution in [2.75, 3.05) is 7.11 Å². The lowest BCUT2D eigenvalue weighted by molar-refractivity contribution is -0.145. The number of carbonyl (C=O) groups is 1. The molecule has 2 rings (SSSR count). The summed E-state index contributed by atoms with van der Waals surface area (Å²) in [6, 6.07) is 2.13. The topological polar surface area (TPSA) is 39.2 Å². The van der Waals surface area contributed by atoms with Crippen molar-refractivity contribution in [3.63, 3.8) is 0 Å². The molecule has 0 radical (unpaired) electrons. The van der Waals surface area contributed by atoms with Crippen molar-refractivity contribution in [2.24, 2.45) is 5.92 Å². The van der Waals surface area contributed by atoms with E-state index in [1.165, 1.54) is 18.2 Å². The van der Waals surface area contributed by atoms with Gasteiger partial charge in [0, 0.05) is 11.4 Å². The second kappa shape index (κ2) is 4.24. The van der Waals surface area contributed by atoms with Crippen molar-refractivity contribution >= 4 is 5.97 Å². The Morgan fingerprint density at radius 3 is 2.94 bits per heavy atom. The molecule has 3 nitrogen and oxygen atoms in total. The average Bonchev–Trinajstić information content (AvgIpc) is 2.27. The highest BCUT2D eigenvalue weighted by atomic mass is 16.5. The molecule has 0 amide bonds. The Balaban J connectivity index is 2.30. The highest BCUT2D eigenvalue weighted by molar-refractivity contribution is 5.73. The van der Waals surface area contributed by atoms with Crippen LogP contribution in [0.3, 0.4) is 0 Å². The number of nitrogens with zero attached hydrogens (tertiary/aromatic N) is 1. The summed E-state index contributed by atoms with van der Waals surface area (Å²) < 4.78 is 4.81. The molecular weight excluding hydrogens is 202 g/mol. The summed E-state index contributed by atoms with van der Waals surface area (Å²) in [7, 11) is 1.46. The third-order valence-corrected chi connectivity index (χ3v) is 3.30. The molecule has 0 N–H and O–H groups in total. The Kier molecular flexibility index (Phi) is 2.95. The number of aromatic nitrogens is 1. The predicted octanol–water partition coefficient (Wildman–Crippen LogP) is 1.98. The molecule has 0 spiro atoms. The fourth-order valence-corrected chi connectivity index (χ4v) is 2.48. The van der Waals surface area contributed by atoms with E-state index in [4.69, 9.17) is 4.74 Å². The molecule has 1 aliphatic carbocycles. The summed E-state index contributed by atoms with van der Waals surface area (Å²) in [5.74, 6) is -0.0775. The lowest BCUT2D eigenvalue weighted by Crippen LogP contribution is -2.24. The van der Waals surface area contributed by atoms with Gasteiger partial charge >= 0.3 is 5.97 Å². The third-order valence-electron chi connectivity index (χ3n) is 3.30. The van der Waals surface area contributed by atoms with Crippen molar-refractivity contribution < 1.29 is 9.53 Å². The largest absolute Gasteiger partial charge is 0.469 e. The van der Waals surface area contributed by atoms with Gasteiger partial charge in [-0.15, -0.1) is 0 Å². The van der Waals surface area contributed by atoms with E-state index in [-0.39, 0.29) is 11.9 Å². The molecule has 0 saturated heterocycles. The van der Waals surface area contributed by atoms with Gasteiger partial charge in [0.05, 0.1) is 13.0 Å². The first-order valence-electron chi connectivity index (χ1n) is 5.65. The fourth-order valence-electron chi connectivity index (χ4n) is 2.48. The first-order chi connectivity index (χ1) is 7.61. The lowest BCUT2D eigenvalue weighted by Gasteiger charge is -2.24. The van der Waals surface area contributed by atoms with E-state index in [9.17, 15) is 4.79 Å². The van der Waals surface area contributed by atoms with Crippen LogP contribution in [0.2, 0.25) is 0 Å². The van der Waals surface area contributed by atoms with Crippen molar-refractivity contribution in [3.8, 4) is 0 Å².